The highest BCUT2D eigenvalue weighted by molar-refractivity contribution is 7.92. The largest absolute Gasteiger partial charge is 0.457 e. The lowest BCUT2D eigenvalue weighted by Crippen LogP contribution is -2.20. The van der Waals surface area contributed by atoms with Gasteiger partial charge in [0, 0.05) is 17.3 Å². The van der Waals surface area contributed by atoms with Gasteiger partial charge in [-0.25, -0.2) is 8.42 Å². The molecule has 0 amide bonds. The predicted octanol–water partition coefficient (Wildman–Crippen LogP) is 5.82. The monoisotopic (exact) mass is 461 g/mol. The minimum absolute atomic E-state index is 0.176. The van der Waals surface area contributed by atoms with Crippen LogP contribution in [-0.2, 0) is 22.0 Å². The number of benzene rings is 3. The van der Waals surface area contributed by atoms with E-state index in [0.717, 1.165) is 5.56 Å². The van der Waals surface area contributed by atoms with Crippen LogP contribution in [0.5, 0.6) is 11.5 Å². The van der Waals surface area contributed by atoms with Crippen LogP contribution >= 0.6 is 0 Å². The Hall–Kier alpha value is -3.58. The maximum Gasteiger partial charge on any atom is 0.265 e. The van der Waals surface area contributed by atoms with Crippen LogP contribution in [0.3, 0.4) is 0 Å². The standard InChI is InChI=1S/C26H27N3O3S/c1-26(2,3)25-24(19-29(27-25)18-20-10-6-4-7-11-20)33(30,31)28-21-14-16-23(17-15-21)32-22-12-8-5-9-13-22/h4-17,19,28H,18H2,1-3H3. The van der Waals surface area contributed by atoms with Crippen LogP contribution in [0.2, 0.25) is 0 Å². The van der Waals surface area contributed by atoms with Crippen molar-refractivity contribution >= 4 is 15.7 Å². The van der Waals surface area contributed by atoms with Gasteiger partial charge in [0.25, 0.3) is 10.0 Å². The van der Waals surface area contributed by atoms with Gasteiger partial charge >= 0.3 is 0 Å². The third kappa shape index (κ3) is 5.62. The summed E-state index contributed by atoms with van der Waals surface area (Å²) in [6, 6.07) is 26.1. The molecule has 1 aromatic heterocycles. The highest BCUT2D eigenvalue weighted by Gasteiger charge is 2.30. The molecule has 0 unspecified atom stereocenters. The maximum atomic E-state index is 13.3. The molecule has 1 N–H and O–H groups in total. The summed E-state index contributed by atoms with van der Waals surface area (Å²) in [6.45, 7) is 6.36. The first kappa shape index (κ1) is 22.6. The lowest BCUT2D eigenvalue weighted by molar-refractivity contribution is 0.483. The van der Waals surface area contributed by atoms with Gasteiger partial charge < -0.3 is 4.74 Å². The van der Waals surface area contributed by atoms with E-state index >= 15 is 0 Å². The van der Waals surface area contributed by atoms with Crippen LogP contribution < -0.4 is 9.46 Å². The summed E-state index contributed by atoms with van der Waals surface area (Å²) in [6.07, 6.45) is 1.60. The molecule has 0 aliphatic carbocycles. The zero-order chi connectivity index (χ0) is 23.5. The number of aromatic nitrogens is 2. The molecule has 0 radical (unpaired) electrons. The third-order valence-electron chi connectivity index (χ3n) is 5.00. The van der Waals surface area contributed by atoms with Crippen LogP contribution in [0.1, 0.15) is 32.0 Å². The van der Waals surface area contributed by atoms with Crippen molar-refractivity contribution in [2.24, 2.45) is 0 Å². The summed E-state index contributed by atoms with van der Waals surface area (Å²) < 4.78 is 36.8. The molecule has 33 heavy (non-hydrogen) atoms. The Morgan fingerprint density at radius 3 is 2.03 bits per heavy atom. The lowest BCUT2D eigenvalue weighted by atomic mass is 9.92. The smallest absolute Gasteiger partial charge is 0.265 e. The van der Waals surface area contributed by atoms with Crippen LogP contribution in [0, 0.1) is 0 Å². The Morgan fingerprint density at radius 1 is 0.848 bits per heavy atom. The van der Waals surface area contributed by atoms with Crippen molar-refractivity contribution in [1.29, 1.82) is 0 Å². The summed E-state index contributed by atoms with van der Waals surface area (Å²) in [5.41, 5.74) is 1.58. The Kier molecular flexibility index (Phi) is 6.24. The van der Waals surface area contributed by atoms with Gasteiger partial charge in [-0.05, 0) is 42.0 Å². The van der Waals surface area contributed by atoms with Crippen molar-refractivity contribution in [3.05, 3.63) is 102 Å². The second kappa shape index (κ2) is 9.11. The van der Waals surface area contributed by atoms with Crippen LogP contribution in [0.15, 0.2) is 96.0 Å². The Bertz CT molecular complexity index is 1310. The molecule has 4 aromatic rings. The molecule has 3 aromatic carbocycles. The van der Waals surface area contributed by atoms with Crippen molar-refractivity contribution < 1.29 is 13.2 Å². The van der Waals surface area contributed by atoms with E-state index in [0.29, 0.717) is 29.4 Å². The van der Waals surface area contributed by atoms with E-state index in [4.69, 9.17) is 4.74 Å². The number of sulfonamides is 1. The molecular formula is C26H27N3O3S. The molecule has 0 bridgehead atoms. The molecule has 0 fully saturated rings. The van der Waals surface area contributed by atoms with Crippen molar-refractivity contribution in [1.82, 2.24) is 9.78 Å². The van der Waals surface area contributed by atoms with Crippen LogP contribution in [0.4, 0.5) is 5.69 Å². The molecular weight excluding hydrogens is 434 g/mol. The summed E-state index contributed by atoms with van der Waals surface area (Å²) in [5.74, 6) is 1.33. The zero-order valence-corrected chi connectivity index (χ0v) is 19.7. The first-order valence-electron chi connectivity index (χ1n) is 10.7. The van der Waals surface area contributed by atoms with Crippen molar-refractivity contribution in [2.45, 2.75) is 37.6 Å². The van der Waals surface area contributed by atoms with Gasteiger partial charge in [0.2, 0.25) is 0 Å². The quantitative estimate of drug-likeness (QED) is 0.376. The highest BCUT2D eigenvalue weighted by Crippen LogP contribution is 2.30. The van der Waals surface area contributed by atoms with E-state index in [1.54, 1.807) is 35.1 Å². The van der Waals surface area contributed by atoms with Gasteiger partial charge in [-0.2, -0.15) is 5.10 Å². The number of nitrogens with zero attached hydrogens (tertiary/aromatic N) is 2. The van der Waals surface area contributed by atoms with Gasteiger partial charge in [0.05, 0.1) is 12.2 Å². The molecule has 0 spiro atoms. The highest BCUT2D eigenvalue weighted by atomic mass is 32.2. The zero-order valence-electron chi connectivity index (χ0n) is 18.9. The number of ether oxygens (including phenoxy) is 1. The molecule has 1 heterocycles. The first-order valence-corrected chi connectivity index (χ1v) is 12.2. The minimum atomic E-state index is -3.84. The predicted molar refractivity (Wildman–Crippen MR) is 130 cm³/mol. The van der Waals surface area contributed by atoms with Crippen LogP contribution in [-0.4, -0.2) is 18.2 Å². The van der Waals surface area contributed by atoms with Crippen molar-refractivity contribution in [3.63, 3.8) is 0 Å². The molecule has 0 aliphatic rings. The fourth-order valence-corrected chi connectivity index (χ4v) is 4.81. The van der Waals surface area contributed by atoms with E-state index in [1.807, 2.05) is 81.4 Å². The molecule has 0 saturated carbocycles. The van der Waals surface area contributed by atoms with Gasteiger partial charge in [0.1, 0.15) is 16.4 Å². The second-order valence-electron chi connectivity index (χ2n) is 8.82. The van der Waals surface area contributed by atoms with Gasteiger partial charge in [0.15, 0.2) is 0 Å². The number of hydrogen-bond donors (Lipinski definition) is 1. The average Bonchev–Trinajstić information content (AvgIpc) is 3.22. The van der Waals surface area contributed by atoms with E-state index in [2.05, 4.69) is 9.82 Å². The number of para-hydroxylation sites is 1. The number of nitrogens with one attached hydrogen (secondary N) is 1. The Labute approximate surface area is 194 Å². The Morgan fingerprint density at radius 2 is 1.42 bits per heavy atom. The van der Waals surface area contributed by atoms with Gasteiger partial charge in [-0.3, -0.25) is 9.40 Å². The van der Waals surface area contributed by atoms with E-state index < -0.39 is 15.4 Å². The molecule has 0 saturated heterocycles. The van der Waals surface area contributed by atoms with E-state index in [9.17, 15) is 8.42 Å². The van der Waals surface area contributed by atoms with E-state index in [1.165, 1.54) is 0 Å². The number of rotatable bonds is 7. The average molecular weight is 462 g/mol. The summed E-state index contributed by atoms with van der Waals surface area (Å²) in [5, 5.41) is 4.62. The molecule has 7 heteroatoms. The summed E-state index contributed by atoms with van der Waals surface area (Å²) in [7, 11) is -3.84. The van der Waals surface area contributed by atoms with Gasteiger partial charge in [-0.15, -0.1) is 0 Å². The number of anilines is 1. The Balaban J connectivity index is 1.57. The van der Waals surface area contributed by atoms with Crippen molar-refractivity contribution in [2.75, 3.05) is 4.72 Å². The minimum Gasteiger partial charge on any atom is -0.457 e. The molecule has 170 valence electrons. The topological polar surface area (TPSA) is 73.2 Å². The fourth-order valence-electron chi connectivity index (χ4n) is 3.40. The van der Waals surface area contributed by atoms with Crippen molar-refractivity contribution in [3.8, 4) is 11.5 Å². The molecule has 6 nitrogen and oxygen atoms in total. The van der Waals surface area contributed by atoms with E-state index in [-0.39, 0.29) is 4.90 Å². The van der Waals surface area contributed by atoms with Crippen LogP contribution in [0.25, 0.3) is 0 Å². The second-order valence-corrected chi connectivity index (χ2v) is 10.5. The summed E-state index contributed by atoms with van der Waals surface area (Å²) in [4.78, 5) is 0.176. The lowest BCUT2D eigenvalue weighted by Gasteiger charge is -2.18. The third-order valence-corrected chi connectivity index (χ3v) is 6.38. The molecule has 0 aliphatic heterocycles. The summed E-state index contributed by atoms with van der Waals surface area (Å²) >= 11 is 0. The molecule has 4 rings (SSSR count). The first-order chi connectivity index (χ1) is 15.7. The maximum absolute atomic E-state index is 13.3. The molecule has 0 atom stereocenters. The number of hydrogen-bond acceptors (Lipinski definition) is 4. The van der Waals surface area contributed by atoms with Gasteiger partial charge in [-0.1, -0.05) is 69.3 Å². The normalized spacial score (nSPS) is 11.8. The fraction of sp³-hybridized carbons (Fsp3) is 0.192. The SMILES string of the molecule is CC(C)(C)c1nn(Cc2ccccc2)cc1S(=O)(=O)Nc1ccc(Oc2ccccc2)cc1.